The Morgan fingerprint density at radius 3 is 2.56 bits per heavy atom. The van der Waals surface area contributed by atoms with Crippen molar-refractivity contribution in [1.29, 1.82) is 0 Å². The van der Waals surface area contributed by atoms with Crippen molar-refractivity contribution in [1.82, 2.24) is 0 Å². The molecule has 0 N–H and O–H groups in total. The lowest BCUT2D eigenvalue weighted by Crippen LogP contribution is -2.35. The van der Waals surface area contributed by atoms with Crippen LogP contribution in [0.4, 0.5) is 0 Å². The minimum Gasteiger partial charge on any atom is -0.298 e. The van der Waals surface area contributed by atoms with Gasteiger partial charge < -0.3 is 0 Å². The van der Waals surface area contributed by atoms with Crippen LogP contribution in [0.1, 0.15) is 23.2 Å². The molecule has 6 atom stereocenters. The molecule has 5 rings (SSSR count). The highest BCUT2D eigenvalue weighted by atomic mass is 16.2. The first kappa shape index (κ1) is 9.48. The number of hydrogen-bond donors (Lipinski definition) is 0. The standard InChI is InChI=1S/C16H14O2/c17-14(8-4-2-1-3-5-8)16-12-9-6-10(13(12)16)11(7-9)15(16)18/h1-5,9-13H,6-7H2. The minimum atomic E-state index is -0.558. The van der Waals surface area contributed by atoms with Gasteiger partial charge in [0.1, 0.15) is 0 Å². The predicted octanol–water partition coefficient (Wildman–Crippen LogP) is 2.34. The van der Waals surface area contributed by atoms with E-state index < -0.39 is 5.41 Å². The average molecular weight is 238 g/mol. The lowest BCUT2D eigenvalue weighted by Gasteiger charge is -2.24. The largest absolute Gasteiger partial charge is 0.298 e. The van der Waals surface area contributed by atoms with E-state index in [1.54, 1.807) is 0 Å². The Bertz CT molecular complexity index is 584. The first-order valence-electron chi connectivity index (χ1n) is 6.90. The third-order valence-corrected chi connectivity index (χ3v) is 6.10. The summed E-state index contributed by atoms with van der Waals surface area (Å²) in [6.45, 7) is 0. The Labute approximate surface area is 105 Å². The second-order valence-electron chi connectivity index (χ2n) is 6.48. The highest BCUT2D eigenvalue weighted by molar-refractivity contribution is 6.21. The van der Waals surface area contributed by atoms with Gasteiger partial charge in [0.25, 0.3) is 0 Å². The molecule has 0 aromatic heterocycles. The number of ketones is 2. The first-order chi connectivity index (χ1) is 8.76. The Hall–Kier alpha value is -1.44. The molecule has 2 heteroatoms. The Balaban J connectivity index is 1.64. The van der Waals surface area contributed by atoms with E-state index >= 15 is 0 Å². The highest BCUT2D eigenvalue weighted by Crippen LogP contribution is 2.84. The van der Waals surface area contributed by atoms with Crippen molar-refractivity contribution in [2.75, 3.05) is 0 Å². The molecule has 4 aliphatic carbocycles. The van der Waals surface area contributed by atoms with Crippen molar-refractivity contribution in [3.63, 3.8) is 0 Å². The number of carbonyl (C=O) groups excluding carboxylic acids is 2. The molecule has 6 unspecified atom stereocenters. The van der Waals surface area contributed by atoms with Crippen LogP contribution in [0.3, 0.4) is 0 Å². The summed E-state index contributed by atoms with van der Waals surface area (Å²) in [4.78, 5) is 25.3. The molecule has 0 radical (unpaired) electrons. The fourth-order valence-corrected chi connectivity index (χ4v) is 5.69. The van der Waals surface area contributed by atoms with E-state index in [1.165, 1.54) is 6.42 Å². The second kappa shape index (κ2) is 2.61. The summed E-state index contributed by atoms with van der Waals surface area (Å²) in [5.41, 5.74) is 0.179. The molecule has 0 spiro atoms. The maximum absolute atomic E-state index is 12.8. The molecule has 4 saturated carbocycles. The number of fused-ring (bicyclic) bond motifs is 3. The van der Waals surface area contributed by atoms with Gasteiger partial charge in [-0.1, -0.05) is 30.3 Å². The van der Waals surface area contributed by atoms with E-state index in [0.29, 0.717) is 29.5 Å². The Kier molecular flexibility index (Phi) is 1.37. The molecular formula is C16H14O2. The van der Waals surface area contributed by atoms with Crippen LogP contribution in [0.2, 0.25) is 0 Å². The van der Waals surface area contributed by atoms with Crippen molar-refractivity contribution in [2.45, 2.75) is 12.8 Å². The minimum absolute atomic E-state index is 0.125. The second-order valence-corrected chi connectivity index (χ2v) is 6.48. The van der Waals surface area contributed by atoms with Crippen molar-refractivity contribution in [3.05, 3.63) is 35.9 Å². The zero-order valence-corrected chi connectivity index (χ0v) is 10.0. The summed E-state index contributed by atoms with van der Waals surface area (Å²) in [6, 6.07) is 9.41. The number of Topliss-reactive ketones (excluding diaryl/α,β-unsaturated/α-hetero) is 2. The molecule has 0 heterocycles. The van der Waals surface area contributed by atoms with Crippen LogP contribution in [-0.4, -0.2) is 11.6 Å². The van der Waals surface area contributed by atoms with E-state index in [1.807, 2.05) is 30.3 Å². The van der Waals surface area contributed by atoms with E-state index in [2.05, 4.69) is 0 Å². The molecule has 4 fully saturated rings. The van der Waals surface area contributed by atoms with E-state index in [9.17, 15) is 9.59 Å². The lowest BCUT2D eigenvalue weighted by atomic mass is 9.76. The number of hydrogen-bond acceptors (Lipinski definition) is 2. The van der Waals surface area contributed by atoms with Crippen LogP contribution >= 0.6 is 0 Å². The molecule has 0 amide bonds. The molecule has 4 aliphatic rings. The van der Waals surface area contributed by atoms with Crippen LogP contribution in [-0.2, 0) is 4.79 Å². The fourth-order valence-electron chi connectivity index (χ4n) is 5.69. The van der Waals surface area contributed by atoms with Crippen molar-refractivity contribution < 1.29 is 9.59 Å². The SMILES string of the molecule is O=C(c1ccccc1)C12C(=O)C3CC4CC3C1C42. The van der Waals surface area contributed by atoms with Crippen LogP contribution < -0.4 is 0 Å². The zero-order chi connectivity index (χ0) is 12.1. The van der Waals surface area contributed by atoms with Gasteiger partial charge in [0, 0.05) is 11.5 Å². The zero-order valence-electron chi connectivity index (χ0n) is 10.0. The monoisotopic (exact) mass is 238 g/mol. The average Bonchev–Trinajstić information content (AvgIpc) is 2.69. The molecular weight excluding hydrogens is 224 g/mol. The van der Waals surface area contributed by atoms with Gasteiger partial charge >= 0.3 is 0 Å². The molecule has 1 aromatic carbocycles. The molecule has 0 saturated heterocycles. The number of rotatable bonds is 2. The molecule has 2 nitrogen and oxygen atoms in total. The van der Waals surface area contributed by atoms with Gasteiger partial charge in [0.05, 0.1) is 5.41 Å². The Morgan fingerprint density at radius 2 is 1.89 bits per heavy atom. The molecule has 2 bridgehead atoms. The van der Waals surface area contributed by atoms with Gasteiger partial charge in [-0.15, -0.1) is 0 Å². The normalized spacial score (nSPS) is 49.8. The van der Waals surface area contributed by atoms with Crippen LogP contribution in [0.15, 0.2) is 30.3 Å². The maximum atomic E-state index is 12.8. The molecule has 90 valence electrons. The van der Waals surface area contributed by atoms with Crippen LogP contribution in [0, 0.1) is 35.0 Å². The van der Waals surface area contributed by atoms with Gasteiger partial charge in [-0.3, -0.25) is 9.59 Å². The molecule has 0 aliphatic heterocycles. The van der Waals surface area contributed by atoms with Gasteiger partial charge in [-0.05, 0) is 36.5 Å². The van der Waals surface area contributed by atoms with Gasteiger partial charge in [-0.2, -0.15) is 0 Å². The van der Waals surface area contributed by atoms with Gasteiger partial charge in [0.15, 0.2) is 11.6 Å². The van der Waals surface area contributed by atoms with Crippen LogP contribution in [0.25, 0.3) is 0 Å². The maximum Gasteiger partial charge on any atom is 0.177 e. The smallest absolute Gasteiger partial charge is 0.177 e. The third-order valence-electron chi connectivity index (χ3n) is 6.10. The van der Waals surface area contributed by atoms with E-state index in [-0.39, 0.29) is 11.7 Å². The summed E-state index contributed by atoms with van der Waals surface area (Å²) >= 11 is 0. The van der Waals surface area contributed by atoms with Crippen molar-refractivity contribution in [3.8, 4) is 0 Å². The van der Waals surface area contributed by atoms with E-state index in [0.717, 1.165) is 12.0 Å². The summed E-state index contributed by atoms with van der Waals surface area (Å²) < 4.78 is 0. The topological polar surface area (TPSA) is 34.1 Å². The quantitative estimate of drug-likeness (QED) is 0.585. The van der Waals surface area contributed by atoms with E-state index in [4.69, 9.17) is 0 Å². The third kappa shape index (κ3) is 0.730. The number of benzene rings is 1. The summed E-state index contributed by atoms with van der Waals surface area (Å²) in [5.74, 6) is 2.72. The predicted molar refractivity (Wildman–Crippen MR) is 64.9 cm³/mol. The van der Waals surface area contributed by atoms with Crippen molar-refractivity contribution >= 4 is 11.6 Å². The van der Waals surface area contributed by atoms with Crippen LogP contribution in [0.5, 0.6) is 0 Å². The molecule has 18 heavy (non-hydrogen) atoms. The number of carbonyl (C=O) groups is 2. The first-order valence-corrected chi connectivity index (χ1v) is 6.90. The Morgan fingerprint density at radius 1 is 1.11 bits per heavy atom. The fraction of sp³-hybridized carbons (Fsp3) is 0.500. The summed E-state index contributed by atoms with van der Waals surface area (Å²) in [7, 11) is 0. The summed E-state index contributed by atoms with van der Waals surface area (Å²) in [5, 5.41) is 0. The van der Waals surface area contributed by atoms with Crippen molar-refractivity contribution in [2.24, 2.45) is 35.0 Å². The van der Waals surface area contributed by atoms with Gasteiger partial charge in [-0.25, -0.2) is 0 Å². The molecule has 1 aromatic rings. The summed E-state index contributed by atoms with van der Waals surface area (Å²) in [6.07, 6.45) is 2.30. The lowest BCUT2D eigenvalue weighted by molar-refractivity contribution is -0.127. The van der Waals surface area contributed by atoms with Gasteiger partial charge in [0.2, 0.25) is 0 Å². The highest BCUT2D eigenvalue weighted by Gasteiger charge is 2.88.